The molecule has 0 fully saturated rings. The Morgan fingerprint density at radius 2 is 2.05 bits per heavy atom. The molecular formula is C15H18ClN5. The summed E-state index contributed by atoms with van der Waals surface area (Å²) < 4.78 is 3.95. The van der Waals surface area contributed by atoms with Crippen molar-refractivity contribution >= 4 is 22.8 Å². The normalized spacial score (nSPS) is 13.0. The van der Waals surface area contributed by atoms with E-state index in [1.807, 2.05) is 44.0 Å². The van der Waals surface area contributed by atoms with Crippen LogP contribution in [0.3, 0.4) is 0 Å². The summed E-state index contributed by atoms with van der Waals surface area (Å²) in [6, 6.07) is 2.04. The molecule has 0 aliphatic rings. The second-order valence-electron chi connectivity index (χ2n) is 5.41. The number of rotatable bonds is 3. The number of imidazole rings is 1. The Balaban J connectivity index is 2.15. The number of pyridine rings is 1. The molecule has 0 bridgehead atoms. The van der Waals surface area contributed by atoms with Crippen molar-refractivity contribution in [2.45, 2.75) is 32.7 Å². The van der Waals surface area contributed by atoms with Crippen molar-refractivity contribution < 1.29 is 0 Å². The minimum atomic E-state index is -0.170. The lowest BCUT2D eigenvalue weighted by Gasteiger charge is -2.09. The summed E-state index contributed by atoms with van der Waals surface area (Å²) in [5.74, 6) is 0.841. The van der Waals surface area contributed by atoms with Crippen molar-refractivity contribution in [2.24, 2.45) is 7.05 Å². The number of halogens is 1. The molecule has 0 aliphatic carbocycles. The highest BCUT2D eigenvalue weighted by Gasteiger charge is 2.17. The number of aromatic nitrogens is 5. The van der Waals surface area contributed by atoms with Crippen molar-refractivity contribution in [3.63, 3.8) is 0 Å². The second kappa shape index (κ2) is 5.15. The molecular weight excluding hydrogens is 286 g/mol. The van der Waals surface area contributed by atoms with E-state index in [2.05, 4.69) is 26.6 Å². The second-order valence-corrected chi connectivity index (χ2v) is 6.06. The molecule has 0 saturated carbocycles. The fraction of sp³-hybridized carbons (Fsp3) is 0.400. The van der Waals surface area contributed by atoms with E-state index in [4.69, 9.17) is 11.6 Å². The van der Waals surface area contributed by atoms with Crippen LogP contribution in [0.25, 0.3) is 11.2 Å². The topological polar surface area (TPSA) is 48.5 Å². The van der Waals surface area contributed by atoms with Crippen LogP contribution in [0, 0.1) is 13.8 Å². The smallest absolute Gasteiger partial charge is 0.160 e. The van der Waals surface area contributed by atoms with Crippen LogP contribution in [0.5, 0.6) is 0 Å². The van der Waals surface area contributed by atoms with Gasteiger partial charge in [0.1, 0.15) is 11.3 Å². The van der Waals surface area contributed by atoms with Gasteiger partial charge in [-0.15, -0.1) is 11.6 Å². The summed E-state index contributed by atoms with van der Waals surface area (Å²) in [7, 11) is 1.94. The van der Waals surface area contributed by atoms with Crippen molar-refractivity contribution in [1.82, 2.24) is 24.3 Å². The lowest BCUT2D eigenvalue weighted by molar-refractivity contribution is 0.717. The average Bonchev–Trinajstić information content (AvgIpc) is 2.94. The molecule has 3 aromatic heterocycles. The van der Waals surface area contributed by atoms with Crippen LogP contribution >= 0.6 is 11.6 Å². The van der Waals surface area contributed by atoms with Gasteiger partial charge in [0, 0.05) is 24.5 Å². The van der Waals surface area contributed by atoms with Gasteiger partial charge in [-0.3, -0.25) is 4.68 Å². The fourth-order valence-corrected chi connectivity index (χ4v) is 2.62. The van der Waals surface area contributed by atoms with Crippen LogP contribution in [0.2, 0.25) is 0 Å². The third kappa shape index (κ3) is 2.42. The zero-order chi connectivity index (χ0) is 15.1. The largest absolute Gasteiger partial charge is 0.307 e. The molecule has 0 amide bonds. The summed E-state index contributed by atoms with van der Waals surface area (Å²) in [4.78, 5) is 9.18. The summed E-state index contributed by atoms with van der Waals surface area (Å²) >= 11 is 6.30. The van der Waals surface area contributed by atoms with Crippen molar-refractivity contribution in [2.75, 3.05) is 0 Å². The molecule has 0 aromatic carbocycles. The number of fused-ring (bicyclic) bond motifs is 1. The Labute approximate surface area is 128 Å². The molecule has 0 N–H and O–H groups in total. The quantitative estimate of drug-likeness (QED) is 0.698. The maximum Gasteiger partial charge on any atom is 0.160 e. The molecule has 5 nitrogen and oxygen atoms in total. The van der Waals surface area contributed by atoms with Gasteiger partial charge in [-0.2, -0.15) is 5.10 Å². The summed E-state index contributed by atoms with van der Waals surface area (Å²) in [6.07, 6.45) is 3.75. The van der Waals surface area contributed by atoms with Crippen molar-refractivity contribution in [3.8, 4) is 0 Å². The fourth-order valence-electron chi connectivity index (χ4n) is 2.46. The maximum atomic E-state index is 6.30. The van der Waals surface area contributed by atoms with E-state index < -0.39 is 0 Å². The summed E-state index contributed by atoms with van der Waals surface area (Å²) in [5.41, 5.74) is 5.14. The monoisotopic (exact) mass is 303 g/mol. The molecule has 110 valence electrons. The van der Waals surface area contributed by atoms with Crippen molar-refractivity contribution in [1.29, 1.82) is 0 Å². The Morgan fingerprint density at radius 3 is 2.67 bits per heavy atom. The Hall–Kier alpha value is -1.88. The zero-order valence-corrected chi connectivity index (χ0v) is 13.4. The molecule has 1 atom stereocenters. The summed E-state index contributed by atoms with van der Waals surface area (Å²) in [6.45, 7) is 6.68. The Kier molecular flexibility index (Phi) is 3.45. The van der Waals surface area contributed by atoms with E-state index >= 15 is 0 Å². The lowest BCUT2D eigenvalue weighted by atomic mass is 10.2. The van der Waals surface area contributed by atoms with Crippen LogP contribution in [-0.4, -0.2) is 24.3 Å². The van der Waals surface area contributed by atoms with Crippen LogP contribution in [0.4, 0.5) is 0 Å². The van der Waals surface area contributed by atoms with E-state index in [-0.39, 0.29) is 5.38 Å². The first-order valence-electron chi connectivity index (χ1n) is 6.91. The van der Waals surface area contributed by atoms with E-state index in [1.165, 1.54) is 0 Å². The molecule has 3 rings (SSSR count). The van der Waals surface area contributed by atoms with Gasteiger partial charge in [0.05, 0.1) is 18.1 Å². The van der Waals surface area contributed by atoms with Gasteiger partial charge >= 0.3 is 0 Å². The lowest BCUT2D eigenvalue weighted by Crippen LogP contribution is -2.07. The minimum Gasteiger partial charge on any atom is -0.307 e. The first kappa shape index (κ1) is 14.1. The average molecular weight is 304 g/mol. The van der Waals surface area contributed by atoms with E-state index in [0.29, 0.717) is 6.54 Å². The SMILES string of the molecule is Cc1cnc2c(c1)nc(C(C)Cl)n2Cc1cnn(C)c1C. The summed E-state index contributed by atoms with van der Waals surface area (Å²) in [5, 5.41) is 4.13. The molecule has 0 spiro atoms. The third-order valence-electron chi connectivity index (χ3n) is 3.77. The molecule has 0 radical (unpaired) electrons. The molecule has 3 heterocycles. The standard InChI is InChI=1S/C15H18ClN5/c1-9-5-13-15(17-6-9)21(14(19-13)10(2)16)8-12-7-18-20(4)11(12)3/h5-7,10H,8H2,1-4H3. The molecule has 1 unspecified atom stereocenters. The van der Waals surface area contributed by atoms with Crippen LogP contribution < -0.4 is 0 Å². The van der Waals surface area contributed by atoms with Crippen LogP contribution in [0.15, 0.2) is 18.5 Å². The first-order chi connectivity index (χ1) is 9.97. The molecule has 0 aliphatic heterocycles. The first-order valence-corrected chi connectivity index (χ1v) is 7.35. The minimum absolute atomic E-state index is 0.170. The molecule has 6 heteroatoms. The maximum absolute atomic E-state index is 6.30. The molecule has 21 heavy (non-hydrogen) atoms. The highest BCUT2D eigenvalue weighted by molar-refractivity contribution is 6.20. The number of alkyl halides is 1. The van der Waals surface area contributed by atoms with Gasteiger partial charge in [-0.25, -0.2) is 9.97 Å². The predicted octanol–water partition coefficient (Wildman–Crippen LogP) is 3.13. The van der Waals surface area contributed by atoms with Gasteiger partial charge < -0.3 is 4.57 Å². The van der Waals surface area contributed by atoms with Crippen molar-refractivity contribution in [3.05, 3.63) is 41.1 Å². The van der Waals surface area contributed by atoms with Gasteiger partial charge in [-0.1, -0.05) is 0 Å². The van der Waals surface area contributed by atoms with Crippen LogP contribution in [-0.2, 0) is 13.6 Å². The Bertz CT molecular complexity index is 800. The number of aryl methyl sites for hydroxylation is 2. The van der Waals surface area contributed by atoms with Gasteiger partial charge in [0.25, 0.3) is 0 Å². The van der Waals surface area contributed by atoms with E-state index in [1.54, 1.807) is 0 Å². The highest BCUT2D eigenvalue weighted by Crippen LogP contribution is 2.25. The third-order valence-corrected chi connectivity index (χ3v) is 3.97. The zero-order valence-electron chi connectivity index (χ0n) is 12.6. The number of hydrogen-bond donors (Lipinski definition) is 0. The Morgan fingerprint density at radius 1 is 1.29 bits per heavy atom. The van der Waals surface area contributed by atoms with Gasteiger partial charge in [-0.05, 0) is 32.4 Å². The van der Waals surface area contributed by atoms with Crippen LogP contribution in [0.1, 0.15) is 34.9 Å². The molecule has 3 aromatic rings. The number of nitrogens with zero attached hydrogens (tertiary/aromatic N) is 5. The predicted molar refractivity (Wildman–Crippen MR) is 83.6 cm³/mol. The van der Waals surface area contributed by atoms with E-state index in [9.17, 15) is 0 Å². The molecule has 0 saturated heterocycles. The van der Waals surface area contributed by atoms with Gasteiger partial charge in [0.2, 0.25) is 0 Å². The highest BCUT2D eigenvalue weighted by atomic mass is 35.5. The van der Waals surface area contributed by atoms with Gasteiger partial charge in [0.15, 0.2) is 5.65 Å². The van der Waals surface area contributed by atoms with E-state index in [0.717, 1.165) is 33.8 Å². The number of hydrogen-bond acceptors (Lipinski definition) is 3.